The molecule has 1 aromatic heterocycles. The van der Waals surface area contributed by atoms with Gasteiger partial charge >= 0.3 is 0 Å². The van der Waals surface area contributed by atoms with E-state index >= 15 is 0 Å². The highest BCUT2D eigenvalue weighted by molar-refractivity contribution is 5.63. The first kappa shape index (κ1) is 12.0. The van der Waals surface area contributed by atoms with Crippen molar-refractivity contribution < 1.29 is 9.63 Å². The fraction of sp³-hybridized carbons (Fsp3) is 0.429. The lowest BCUT2D eigenvalue weighted by molar-refractivity contribution is 0.421. The van der Waals surface area contributed by atoms with Crippen molar-refractivity contribution in [3.63, 3.8) is 0 Å². The Morgan fingerprint density at radius 1 is 1.21 bits per heavy atom. The second-order valence-corrected chi connectivity index (χ2v) is 4.97. The van der Waals surface area contributed by atoms with Crippen molar-refractivity contribution in [1.82, 2.24) is 10.1 Å². The zero-order chi connectivity index (χ0) is 13.2. The van der Waals surface area contributed by atoms with Gasteiger partial charge in [0.05, 0.1) is 5.56 Å². The van der Waals surface area contributed by atoms with E-state index in [0.717, 1.165) is 18.7 Å². The second kappa shape index (κ2) is 4.91. The first-order chi connectivity index (χ1) is 9.24. The topological polar surface area (TPSA) is 62.4 Å². The van der Waals surface area contributed by atoms with E-state index in [-0.39, 0.29) is 5.75 Å². The number of hydrogen-bond donors (Lipinski definition) is 1. The number of piperidine rings is 1. The van der Waals surface area contributed by atoms with Gasteiger partial charge in [0.2, 0.25) is 0 Å². The SMILES string of the molecule is Cc1ccc(-c2nc(N3CCCCC3)no2)c(O)c1. The van der Waals surface area contributed by atoms with Gasteiger partial charge in [0.15, 0.2) is 0 Å². The lowest BCUT2D eigenvalue weighted by Crippen LogP contribution is -2.30. The summed E-state index contributed by atoms with van der Waals surface area (Å²) >= 11 is 0. The van der Waals surface area contributed by atoms with Crippen LogP contribution in [0.1, 0.15) is 24.8 Å². The third kappa shape index (κ3) is 2.41. The molecule has 1 aliphatic rings. The Labute approximate surface area is 111 Å². The maximum absolute atomic E-state index is 9.92. The molecular formula is C14H17N3O2. The molecule has 2 heterocycles. The zero-order valence-corrected chi connectivity index (χ0v) is 11.0. The van der Waals surface area contributed by atoms with Gasteiger partial charge in [0, 0.05) is 13.1 Å². The van der Waals surface area contributed by atoms with E-state index in [4.69, 9.17) is 4.52 Å². The Bertz CT molecular complexity index is 574. The maximum Gasteiger partial charge on any atom is 0.266 e. The summed E-state index contributed by atoms with van der Waals surface area (Å²) in [4.78, 5) is 6.51. The van der Waals surface area contributed by atoms with Crippen LogP contribution in [0.4, 0.5) is 5.95 Å². The number of aryl methyl sites for hydroxylation is 1. The molecule has 2 aromatic rings. The molecule has 5 heteroatoms. The Balaban J connectivity index is 1.87. The highest BCUT2D eigenvalue weighted by atomic mass is 16.5. The molecule has 3 rings (SSSR count). The van der Waals surface area contributed by atoms with Crippen LogP contribution in [-0.2, 0) is 0 Å². The van der Waals surface area contributed by atoms with Crippen molar-refractivity contribution in [2.75, 3.05) is 18.0 Å². The molecule has 19 heavy (non-hydrogen) atoms. The normalized spacial score (nSPS) is 15.7. The van der Waals surface area contributed by atoms with Crippen molar-refractivity contribution in [3.05, 3.63) is 23.8 Å². The van der Waals surface area contributed by atoms with Crippen LogP contribution in [-0.4, -0.2) is 28.3 Å². The highest BCUT2D eigenvalue weighted by Crippen LogP contribution is 2.30. The van der Waals surface area contributed by atoms with Gasteiger partial charge in [-0.1, -0.05) is 6.07 Å². The fourth-order valence-electron chi connectivity index (χ4n) is 2.37. The number of aromatic hydroxyl groups is 1. The van der Waals surface area contributed by atoms with Gasteiger partial charge in [-0.2, -0.15) is 4.98 Å². The van der Waals surface area contributed by atoms with Gasteiger partial charge in [-0.05, 0) is 49.0 Å². The Hall–Kier alpha value is -2.04. The van der Waals surface area contributed by atoms with Crippen LogP contribution in [0.15, 0.2) is 22.7 Å². The molecule has 1 N–H and O–H groups in total. The predicted octanol–water partition coefficient (Wildman–Crippen LogP) is 2.74. The van der Waals surface area contributed by atoms with Crippen LogP contribution in [0.5, 0.6) is 5.75 Å². The van der Waals surface area contributed by atoms with Crippen molar-refractivity contribution >= 4 is 5.95 Å². The number of nitrogens with zero attached hydrogens (tertiary/aromatic N) is 3. The fourth-order valence-corrected chi connectivity index (χ4v) is 2.37. The average molecular weight is 259 g/mol. The van der Waals surface area contributed by atoms with E-state index in [0.29, 0.717) is 17.4 Å². The minimum atomic E-state index is 0.175. The zero-order valence-electron chi connectivity index (χ0n) is 11.0. The Kier molecular flexibility index (Phi) is 3.11. The summed E-state index contributed by atoms with van der Waals surface area (Å²) in [6.07, 6.45) is 3.60. The van der Waals surface area contributed by atoms with Gasteiger partial charge in [-0.25, -0.2) is 0 Å². The molecule has 0 aliphatic carbocycles. The van der Waals surface area contributed by atoms with Gasteiger partial charge < -0.3 is 14.5 Å². The molecule has 1 aromatic carbocycles. The van der Waals surface area contributed by atoms with E-state index in [2.05, 4.69) is 15.0 Å². The van der Waals surface area contributed by atoms with Gasteiger partial charge in [0.1, 0.15) is 5.75 Å². The highest BCUT2D eigenvalue weighted by Gasteiger charge is 2.18. The number of hydrogen-bond acceptors (Lipinski definition) is 5. The van der Waals surface area contributed by atoms with E-state index in [1.54, 1.807) is 12.1 Å². The quantitative estimate of drug-likeness (QED) is 0.898. The summed E-state index contributed by atoms with van der Waals surface area (Å²) in [6.45, 7) is 3.87. The molecule has 0 atom stereocenters. The molecule has 5 nitrogen and oxygen atoms in total. The molecule has 100 valence electrons. The van der Waals surface area contributed by atoms with Crippen LogP contribution in [0.25, 0.3) is 11.5 Å². The van der Waals surface area contributed by atoms with Crippen molar-refractivity contribution in [2.24, 2.45) is 0 Å². The molecule has 0 bridgehead atoms. The standard InChI is InChI=1S/C14H17N3O2/c1-10-5-6-11(12(18)9-10)13-15-14(16-19-13)17-7-3-2-4-8-17/h5-6,9,18H,2-4,7-8H2,1H3. The summed E-state index contributed by atoms with van der Waals surface area (Å²) in [5.74, 6) is 1.17. The molecule has 0 amide bonds. The summed E-state index contributed by atoms with van der Waals surface area (Å²) in [5, 5.41) is 13.9. The van der Waals surface area contributed by atoms with Gasteiger partial charge in [-0.15, -0.1) is 0 Å². The number of benzene rings is 1. The summed E-state index contributed by atoms with van der Waals surface area (Å²) in [6, 6.07) is 5.41. The predicted molar refractivity (Wildman–Crippen MR) is 72.2 cm³/mol. The second-order valence-electron chi connectivity index (χ2n) is 4.97. The summed E-state index contributed by atoms with van der Waals surface area (Å²) in [7, 11) is 0. The van der Waals surface area contributed by atoms with Gasteiger partial charge in [0.25, 0.3) is 11.8 Å². The van der Waals surface area contributed by atoms with E-state index in [9.17, 15) is 5.11 Å². The van der Waals surface area contributed by atoms with E-state index in [1.807, 2.05) is 13.0 Å². The van der Waals surface area contributed by atoms with Crippen LogP contribution in [0.3, 0.4) is 0 Å². The minimum Gasteiger partial charge on any atom is -0.507 e. The van der Waals surface area contributed by atoms with E-state index < -0.39 is 0 Å². The van der Waals surface area contributed by atoms with Crippen LogP contribution in [0, 0.1) is 6.92 Å². The molecule has 1 aliphatic heterocycles. The smallest absolute Gasteiger partial charge is 0.266 e. The van der Waals surface area contributed by atoms with Crippen LogP contribution in [0.2, 0.25) is 0 Å². The largest absolute Gasteiger partial charge is 0.507 e. The molecule has 0 radical (unpaired) electrons. The lowest BCUT2D eigenvalue weighted by Gasteiger charge is -2.24. The first-order valence-corrected chi connectivity index (χ1v) is 6.63. The van der Waals surface area contributed by atoms with Crippen molar-refractivity contribution in [1.29, 1.82) is 0 Å². The lowest BCUT2D eigenvalue weighted by atomic mass is 10.1. The third-order valence-electron chi connectivity index (χ3n) is 3.44. The maximum atomic E-state index is 9.92. The summed E-state index contributed by atoms with van der Waals surface area (Å²) in [5.41, 5.74) is 1.58. The summed E-state index contributed by atoms with van der Waals surface area (Å²) < 4.78 is 5.26. The number of aromatic nitrogens is 2. The Morgan fingerprint density at radius 3 is 2.74 bits per heavy atom. The van der Waals surface area contributed by atoms with Crippen LogP contribution < -0.4 is 4.90 Å². The van der Waals surface area contributed by atoms with Crippen LogP contribution >= 0.6 is 0 Å². The molecule has 0 saturated carbocycles. The number of anilines is 1. The monoisotopic (exact) mass is 259 g/mol. The third-order valence-corrected chi connectivity index (χ3v) is 3.44. The number of phenols is 1. The number of phenolic OH excluding ortho intramolecular Hbond substituents is 1. The molecule has 1 saturated heterocycles. The molecule has 0 unspecified atom stereocenters. The molecule has 0 spiro atoms. The Morgan fingerprint density at radius 2 is 2.00 bits per heavy atom. The van der Waals surface area contributed by atoms with Gasteiger partial charge in [-0.3, -0.25) is 0 Å². The number of rotatable bonds is 2. The van der Waals surface area contributed by atoms with E-state index in [1.165, 1.54) is 19.3 Å². The first-order valence-electron chi connectivity index (χ1n) is 6.63. The average Bonchev–Trinajstić information content (AvgIpc) is 2.89. The minimum absolute atomic E-state index is 0.175. The van der Waals surface area contributed by atoms with Crippen molar-refractivity contribution in [2.45, 2.75) is 26.2 Å². The molecular weight excluding hydrogens is 242 g/mol. The van der Waals surface area contributed by atoms with Crippen molar-refractivity contribution in [3.8, 4) is 17.2 Å². The molecule has 1 fully saturated rings.